The molecule has 2 aliphatic rings. The minimum atomic E-state index is 0.0728. The van der Waals surface area contributed by atoms with Crippen LogP contribution in [-0.4, -0.2) is 11.4 Å². The summed E-state index contributed by atoms with van der Waals surface area (Å²) in [5, 5.41) is 5.29. The highest BCUT2D eigenvalue weighted by Gasteiger charge is 2.43. The molecule has 2 aromatic heterocycles. The molecule has 4 heterocycles. The van der Waals surface area contributed by atoms with Crippen molar-refractivity contribution in [2.24, 2.45) is 0 Å². The van der Waals surface area contributed by atoms with E-state index in [1.54, 1.807) is 0 Å². The Labute approximate surface area is 270 Å². The lowest BCUT2D eigenvalue weighted by Gasteiger charge is -2.43. The number of nitrogens with zero attached hydrogens (tertiary/aromatic N) is 2. The molecular formula is C42H25BN2S. The summed E-state index contributed by atoms with van der Waals surface area (Å²) in [5.74, 6) is 0. The first-order valence-corrected chi connectivity index (χ1v) is 16.7. The van der Waals surface area contributed by atoms with Crippen molar-refractivity contribution in [1.29, 1.82) is 0 Å². The van der Waals surface area contributed by atoms with E-state index in [1.807, 2.05) is 11.3 Å². The van der Waals surface area contributed by atoms with Crippen molar-refractivity contribution in [3.05, 3.63) is 152 Å². The summed E-state index contributed by atoms with van der Waals surface area (Å²) in [7, 11) is 0. The summed E-state index contributed by atoms with van der Waals surface area (Å²) in [6.45, 7) is 0.0728. The maximum Gasteiger partial charge on any atom is 0.329 e. The first-order chi connectivity index (χ1) is 22.9. The molecule has 0 N–H and O–H groups in total. The number of aromatic nitrogens is 1. The van der Waals surface area contributed by atoms with E-state index in [1.165, 1.54) is 92.2 Å². The van der Waals surface area contributed by atoms with E-state index in [0.717, 1.165) is 0 Å². The predicted molar refractivity (Wildman–Crippen MR) is 198 cm³/mol. The number of anilines is 2. The van der Waals surface area contributed by atoms with E-state index in [9.17, 15) is 0 Å². The van der Waals surface area contributed by atoms with Crippen LogP contribution in [0.15, 0.2) is 152 Å². The quantitative estimate of drug-likeness (QED) is 0.170. The van der Waals surface area contributed by atoms with Crippen molar-refractivity contribution in [1.82, 2.24) is 4.57 Å². The summed E-state index contributed by atoms with van der Waals surface area (Å²) < 4.78 is 5.19. The van der Waals surface area contributed by atoms with Crippen LogP contribution in [0.25, 0.3) is 69.9 Å². The topological polar surface area (TPSA) is 8.17 Å². The number of rotatable bonds is 1. The first-order valence-electron chi connectivity index (χ1n) is 15.9. The Balaban J connectivity index is 1.33. The molecule has 0 fully saturated rings. The molecule has 212 valence electrons. The van der Waals surface area contributed by atoms with Crippen molar-refractivity contribution in [2.45, 2.75) is 0 Å². The van der Waals surface area contributed by atoms with Crippen molar-refractivity contribution >= 4 is 82.5 Å². The number of hydrogen-bond acceptors (Lipinski definition) is 2. The summed E-state index contributed by atoms with van der Waals surface area (Å²) in [6.07, 6.45) is 0. The Morgan fingerprint density at radius 3 is 2.02 bits per heavy atom. The number of thiophene rings is 1. The zero-order valence-electron chi connectivity index (χ0n) is 24.8. The van der Waals surface area contributed by atoms with E-state index in [2.05, 4.69) is 161 Å². The molecule has 9 aromatic rings. The van der Waals surface area contributed by atoms with Crippen LogP contribution in [0.4, 0.5) is 11.4 Å². The number of benzene rings is 7. The largest absolute Gasteiger partial charge is 0.376 e. The normalized spacial score (nSPS) is 13.1. The monoisotopic (exact) mass is 600 g/mol. The molecule has 2 aliphatic heterocycles. The molecule has 4 heteroatoms. The first kappa shape index (κ1) is 24.7. The fraction of sp³-hybridized carbons (Fsp3) is 0. The van der Waals surface area contributed by atoms with Crippen LogP contribution in [-0.2, 0) is 0 Å². The van der Waals surface area contributed by atoms with Gasteiger partial charge in [-0.2, -0.15) is 0 Å². The second-order valence-corrected chi connectivity index (χ2v) is 13.5. The Morgan fingerprint density at radius 2 is 1.15 bits per heavy atom. The summed E-state index contributed by atoms with van der Waals surface area (Å²) in [6, 6.07) is 56.2. The molecule has 0 bridgehead atoms. The number of para-hydroxylation sites is 3. The van der Waals surface area contributed by atoms with Gasteiger partial charge in [0.05, 0.1) is 15.7 Å². The van der Waals surface area contributed by atoms with Gasteiger partial charge in [0, 0.05) is 54.4 Å². The molecule has 11 rings (SSSR count). The van der Waals surface area contributed by atoms with Crippen molar-refractivity contribution in [2.75, 3.05) is 4.81 Å². The van der Waals surface area contributed by atoms with Crippen LogP contribution in [0.3, 0.4) is 0 Å². The third kappa shape index (κ3) is 3.07. The Morgan fingerprint density at radius 1 is 0.478 bits per heavy atom. The van der Waals surface area contributed by atoms with E-state index in [-0.39, 0.29) is 6.85 Å². The SMILES string of the molecule is c1ccc(-n2c3ccc4c(c3c3ccc5c6ccccc6sc5c32)-c2ccccc2N2B4c3ccccc3-c3ccccc32)cc1. The molecule has 0 atom stereocenters. The lowest BCUT2D eigenvalue weighted by molar-refractivity contribution is 1.19. The second kappa shape index (κ2) is 9.00. The molecule has 7 aromatic carbocycles. The van der Waals surface area contributed by atoms with Gasteiger partial charge in [-0.05, 0) is 58.5 Å². The van der Waals surface area contributed by atoms with E-state index < -0.39 is 0 Å². The highest BCUT2D eigenvalue weighted by Crippen LogP contribution is 2.50. The highest BCUT2D eigenvalue weighted by molar-refractivity contribution is 7.26. The molecule has 0 saturated carbocycles. The third-order valence-corrected chi connectivity index (χ3v) is 11.4. The van der Waals surface area contributed by atoms with Crippen LogP contribution in [0.5, 0.6) is 0 Å². The molecule has 2 nitrogen and oxygen atoms in total. The second-order valence-electron chi connectivity index (χ2n) is 12.4. The maximum atomic E-state index is 2.59. The van der Waals surface area contributed by atoms with Gasteiger partial charge in [-0.3, -0.25) is 0 Å². The van der Waals surface area contributed by atoms with Gasteiger partial charge in [-0.25, -0.2) is 0 Å². The standard InChI is InChI=1S/C42H25BN2S/c1-2-12-26(13-3-1)44-37-25-24-34-39(40(37)32-23-22-30-29-16-7-11-21-38(29)46-42(30)41(32)44)31-17-6-10-20-36(31)45-35-19-9-5-15-28(35)27-14-4-8-18-33(27)43(34)45/h1-25H. The van der Waals surface area contributed by atoms with Gasteiger partial charge in [-0.1, -0.05) is 115 Å². The van der Waals surface area contributed by atoms with Crippen LogP contribution in [0.2, 0.25) is 0 Å². The Hall–Kier alpha value is -5.58. The van der Waals surface area contributed by atoms with Crippen LogP contribution in [0.1, 0.15) is 0 Å². The van der Waals surface area contributed by atoms with Gasteiger partial charge in [0.15, 0.2) is 0 Å². The molecule has 0 saturated heterocycles. The third-order valence-electron chi connectivity index (χ3n) is 10.2. The van der Waals surface area contributed by atoms with E-state index in [0.29, 0.717) is 0 Å². The van der Waals surface area contributed by atoms with Gasteiger partial charge in [0.1, 0.15) is 0 Å². The fourth-order valence-corrected chi connectivity index (χ4v) is 9.63. The summed E-state index contributed by atoms with van der Waals surface area (Å²) in [5.41, 5.74) is 14.2. The molecule has 46 heavy (non-hydrogen) atoms. The predicted octanol–water partition coefficient (Wildman–Crippen LogP) is 10.1. The zero-order valence-corrected chi connectivity index (χ0v) is 25.6. The lowest BCUT2D eigenvalue weighted by Crippen LogP contribution is -2.59. The van der Waals surface area contributed by atoms with Crippen molar-refractivity contribution in [3.63, 3.8) is 0 Å². The van der Waals surface area contributed by atoms with E-state index >= 15 is 0 Å². The maximum absolute atomic E-state index is 2.59. The molecule has 0 aliphatic carbocycles. The van der Waals surface area contributed by atoms with Crippen LogP contribution < -0.4 is 15.7 Å². The lowest BCUT2D eigenvalue weighted by atomic mass is 9.43. The van der Waals surface area contributed by atoms with Gasteiger partial charge in [-0.15, -0.1) is 11.3 Å². The minimum absolute atomic E-state index is 0.0728. The zero-order chi connectivity index (χ0) is 29.9. The van der Waals surface area contributed by atoms with Gasteiger partial charge in [0.2, 0.25) is 0 Å². The van der Waals surface area contributed by atoms with Crippen LogP contribution in [0, 0.1) is 0 Å². The van der Waals surface area contributed by atoms with E-state index in [4.69, 9.17) is 0 Å². The van der Waals surface area contributed by atoms with Crippen molar-refractivity contribution < 1.29 is 0 Å². The molecular weight excluding hydrogens is 575 g/mol. The van der Waals surface area contributed by atoms with Gasteiger partial charge in [0.25, 0.3) is 0 Å². The molecule has 0 amide bonds. The fourth-order valence-electron chi connectivity index (χ4n) is 8.39. The molecule has 0 spiro atoms. The molecule has 0 unspecified atom stereocenters. The average Bonchev–Trinajstić information content (AvgIpc) is 3.68. The Kier molecular flexibility index (Phi) is 4.83. The smallest absolute Gasteiger partial charge is 0.329 e. The number of hydrogen-bond donors (Lipinski definition) is 0. The Bertz CT molecular complexity index is 2720. The molecule has 0 radical (unpaired) electrons. The minimum Gasteiger partial charge on any atom is -0.376 e. The highest BCUT2D eigenvalue weighted by atomic mass is 32.1. The summed E-state index contributed by atoms with van der Waals surface area (Å²) >= 11 is 1.91. The van der Waals surface area contributed by atoms with Gasteiger partial charge < -0.3 is 9.38 Å². The van der Waals surface area contributed by atoms with Crippen LogP contribution >= 0.6 is 11.3 Å². The average molecular weight is 601 g/mol. The van der Waals surface area contributed by atoms with Gasteiger partial charge >= 0.3 is 6.85 Å². The van der Waals surface area contributed by atoms with Crippen molar-refractivity contribution in [3.8, 4) is 27.9 Å². The number of fused-ring (bicyclic) bond motifs is 19. The summed E-state index contributed by atoms with van der Waals surface area (Å²) in [4.78, 5) is 2.59.